The highest BCUT2D eigenvalue weighted by atomic mass is 16.5. The van der Waals surface area contributed by atoms with E-state index in [0.717, 1.165) is 18.8 Å². The minimum absolute atomic E-state index is 0.0335. The Bertz CT molecular complexity index is 455. The summed E-state index contributed by atoms with van der Waals surface area (Å²) in [6.07, 6.45) is -0.471. The fraction of sp³-hybridized carbons (Fsp3) is 0.714. The van der Waals surface area contributed by atoms with Gasteiger partial charge < -0.3 is 14.7 Å². The maximum atomic E-state index is 12.2. The molecule has 1 aliphatic rings. The van der Waals surface area contributed by atoms with E-state index in [1.807, 2.05) is 13.8 Å². The van der Waals surface area contributed by atoms with Crippen LogP contribution in [0.15, 0.2) is 6.07 Å². The summed E-state index contributed by atoms with van der Waals surface area (Å²) < 4.78 is 5.20. The molecule has 118 valence electrons. The van der Waals surface area contributed by atoms with Crippen molar-refractivity contribution in [2.24, 2.45) is 0 Å². The highest BCUT2D eigenvalue weighted by Crippen LogP contribution is 2.08. The zero-order chi connectivity index (χ0) is 15.2. The lowest BCUT2D eigenvalue weighted by molar-refractivity contribution is 0.0110. The number of rotatable bonds is 6. The van der Waals surface area contributed by atoms with Crippen LogP contribution < -0.4 is 0 Å². The van der Waals surface area contributed by atoms with E-state index in [4.69, 9.17) is 4.74 Å². The van der Waals surface area contributed by atoms with Gasteiger partial charge in [0.05, 0.1) is 12.7 Å². The van der Waals surface area contributed by atoms with Crippen molar-refractivity contribution in [3.8, 4) is 0 Å². The Balaban J connectivity index is 1.76. The van der Waals surface area contributed by atoms with E-state index in [-0.39, 0.29) is 5.91 Å². The number of carbonyl (C=O) groups is 1. The third kappa shape index (κ3) is 4.52. The zero-order valence-corrected chi connectivity index (χ0v) is 12.7. The summed E-state index contributed by atoms with van der Waals surface area (Å²) in [5, 5.41) is 16.6. The van der Waals surface area contributed by atoms with Gasteiger partial charge in [-0.2, -0.15) is 5.10 Å². The molecule has 1 aromatic heterocycles. The Labute approximate surface area is 124 Å². The first-order valence-electron chi connectivity index (χ1n) is 7.39. The van der Waals surface area contributed by atoms with Crippen LogP contribution in [0.25, 0.3) is 0 Å². The smallest absolute Gasteiger partial charge is 0.274 e. The minimum atomic E-state index is -0.471. The van der Waals surface area contributed by atoms with Crippen LogP contribution in [0.1, 0.15) is 23.1 Å². The average Bonchev–Trinajstić information content (AvgIpc) is 2.92. The first-order valence-corrected chi connectivity index (χ1v) is 7.39. The number of hydrogen-bond donors (Lipinski definition) is 2. The Kier molecular flexibility index (Phi) is 5.72. The van der Waals surface area contributed by atoms with Gasteiger partial charge in [-0.05, 0) is 19.9 Å². The van der Waals surface area contributed by atoms with Crippen molar-refractivity contribution >= 4 is 5.91 Å². The van der Waals surface area contributed by atoms with Gasteiger partial charge in [0.15, 0.2) is 0 Å². The number of H-pyrrole nitrogens is 1. The van der Waals surface area contributed by atoms with Crippen LogP contribution >= 0.6 is 0 Å². The molecule has 0 radical (unpaired) electrons. The number of β-amino-alcohol motifs (C(OH)–C–C–N with tert-alkyl or cyclic N) is 1. The molecule has 1 amide bonds. The largest absolute Gasteiger partial charge is 0.389 e. The van der Waals surface area contributed by atoms with Crippen molar-refractivity contribution in [2.45, 2.75) is 20.0 Å². The summed E-state index contributed by atoms with van der Waals surface area (Å²) in [6.45, 7) is 8.19. The van der Waals surface area contributed by atoms with Gasteiger partial charge in [0.25, 0.3) is 5.91 Å². The molecule has 1 atom stereocenters. The van der Waals surface area contributed by atoms with Crippen LogP contribution in [0.2, 0.25) is 0 Å². The van der Waals surface area contributed by atoms with Crippen molar-refractivity contribution in [2.75, 3.05) is 45.9 Å². The maximum absolute atomic E-state index is 12.2. The predicted octanol–water partition coefficient (Wildman–Crippen LogP) is -0.127. The van der Waals surface area contributed by atoms with Crippen LogP contribution in [-0.4, -0.2) is 83.1 Å². The molecule has 0 saturated carbocycles. The van der Waals surface area contributed by atoms with E-state index in [2.05, 4.69) is 15.1 Å². The second-order valence-corrected chi connectivity index (χ2v) is 5.34. The number of aromatic amines is 1. The highest BCUT2D eigenvalue weighted by molar-refractivity contribution is 5.92. The van der Waals surface area contributed by atoms with Crippen LogP contribution in [0.3, 0.4) is 0 Å². The van der Waals surface area contributed by atoms with Gasteiger partial charge in [0.1, 0.15) is 5.69 Å². The summed E-state index contributed by atoms with van der Waals surface area (Å²) >= 11 is 0. The van der Waals surface area contributed by atoms with Crippen molar-refractivity contribution in [1.29, 1.82) is 0 Å². The summed E-state index contributed by atoms with van der Waals surface area (Å²) in [7, 11) is 0. The van der Waals surface area contributed by atoms with E-state index < -0.39 is 6.10 Å². The number of piperazine rings is 1. The van der Waals surface area contributed by atoms with E-state index >= 15 is 0 Å². The van der Waals surface area contributed by atoms with Crippen molar-refractivity contribution < 1.29 is 14.6 Å². The lowest BCUT2D eigenvalue weighted by atomic mass is 10.2. The summed E-state index contributed by atoms with van der Waals surface area (Å²) in [5.74, 6) is -0.0335. The monoisotopic (exact) mass is 296 g/mol. The van der Waals surface area contributed by atoms with E-state index in [0.29, 0.717) is 38.5 Å². The Hall–Kier alpha value is -1.44. The molecule has 21 heavy (non-hydrogen) atoms. The zero-order valence-electron chi connectivity index (χ0n) is 12.7. The molecule has 0 spiro atoms. The van der Waals surface area contributed by atoms with Crippen LogP contribution in [0, 0.1) is 6.92 Å². The highest BCUT2D eigenvalue weighted by Gasteiger charge is 2.24. The minimum Gasteiger partial charge on any atom is -0.389 e. The fourth-order valence-electron chi connectivity index (χ4n) is 2.43. The third-order valence-corrected chi connectivity index (χ3v) is 3.57. The molecular formula is C14H24N4O3. The number of nitrogens with zero attached hydrogens (tertiary/aromatic N) is 3. The lowest BCUT2D eigenvalue weighted by Crippen LogP contribution is -2.50. The van der Waals surface area contributed by atoms with Gasteiger partial charge in [-0.25, -0.2) is 0 Å². The van der Waals surface area contributed by atoms with E-state index in [1.165, 1.54) is 0 Å². The number of ether oxygens (including phenoxy) is 1. The molecular weight excluding hydrogens is 272 g/mol. The quantitative estimate of drug-likeness (QED) is 0.764. The Morgan fingerprint density at radius 2 is 2.19 bits per heavy atom. The molecule has 1 unspecified atom stereocenters. The number of aromatic nitrogens is 2. The predicted molar refractivity (Wildman–Crippen MR) is 78.2 cm³/mol. The molecule has 1 saturated heterocycles. The van der Waals surface area contributed by atoms with Gasteiger partial charge in [0, 0.05) is 45.0 Å². The van der Waals surface area contributed by atoms with Gasteiger partial charge >= 0.3 is 0 Å². The molecule has 1 aromatic rings. The molecule has 7 heteroatoms. The second-order valence-electron chi connectivity index (χ2n) is 5.34. The van der Waals surface area contributed by atoms with Gasteiger partial charge in [-0.15, -0.1) is 0 Å². The molecule has 0 aliphatic carbocycles. The van der Waals surface area contributed by atoms with Gasteiger partial charge in [-0.3, -0.25) is 14.8 Å². The van der Waals surface area contributed by atoms with Crippen molar-refractivity contribution in [1.82, 2.24) is 20.0 Å². The van der Waals surface area contributed by atoms with Crippen LogP contribution in [0.4, 0.5) is 0 Å². The van der Waals surface area contributed by atoms with E-state index in [1.54, 1.807) is 11.0 Å². The lowest BCUT2D eigenvalue weighted by Gasteiger charge is -2.35. The normalized spacial score (nSPS) is 18.0. The Morgan fingerprint density at radius 1 is 1.48 bits per heavy atom. The summed E-state index contributed by atoms with van der Waals surface area (Å²) in [5.41, 5.74) is 1.35. The van der Waals surface area contributed by atoms with Gasteiger partial charge in [0.2, 0.25) is 0 Å². The summed E-state index contributed by atoms with van der Waals surface area (Å²) in [6, 6.07) is 1.76. The molecule has 1 fully saturated rings. The molecule has 2 rings (SSSR count). The SMILES string of the molecule is CCOCC(O)CN1CCN(C(=O)c2cc(C)[nH]n2)CC1. The van der Waals surface area contributed by atoms with E-state index in [9.17, 15) is 9.90 Å². The van der Waals surface area contributed by atoms with Crippen LogP contribution in [-0.2, 0) is 4.74 Å². The number of aliphatic hydroxyl groups excluding tert-OH is 1. The number of hydrogen-bond acceptors (Lipinski definition) is 5. The molecule has 0 aromatic carbocycles. The van der Waals surface area contributed by atoms with Gasteiger partial charge in [-0.1, -0.05) is 0 Å². The first kappa shape index (κ1) is 15.9. The molecule has 2 heterocycles. The first-order chi connectivity index (χ1) is 10.1. The molecule has 0 bridgehead atoms. The maximum Gasteiger partial charge on any atom is 0.274 e. The second kappa shape index (κ2) is 7.53. The number of aliphatic hydroxyl groups is 1. The third-order valence-electron chi connectivity index (χ3n) is 3.57. The number of amides is 1. The summed E-state index contributed by atoms with van der Waals surface area (Å²) in [4.78, 5) is 16.2. The number of aryl methyl sites for hydroxylation is 1. The average molecular weight is 296 g/mol. The van der Waals surface area contributed by atoms with Crippen LogP contribution in [0.5, 0.6) is 0 Å². The van der Waals surface area contributed by atoms with Crippen molar-refractivity contribution in [3.63, 3.8) is 0 Å². The van der Waals surface area contributed by atoms with Crippen molar-refractivity contribution in [3.05, 3.63) is 17.5 Å². The molecule has 2 N–H and O–H groups in total. The molecule has 7 nitrogen and oxygen atoms in total. The number of nitrogens with one attached hydrogen (secondary N) is 1. The fourth-order valence-corrected chi connectivity index (χ4v) is 2.43. The topological polar surface area (TPSA) is 81.7 Å². The molecule has 1 aliphatic heterocycles. The standard InChI is InChI=1S/C14H24N4O3/c1-3-21-10-12(19)9-17-4-6-18(7-5-17)14(20)13-8-11(2)15-16-13/h8,12,19H,3-7,9-10H2,1-2H3,(H,15,16). The Morgan fingerprint density at radius 3 is 2.76 bits per heavy atom. The number of carbonyl (C=O) groups excluding carboxylic acids is 1.